The predicted octanol–water partition coefficient (Wildman–Crippen LogP) is 5.52. The van der Waals surface area contributed by atoms with Crippen molar-refractivity contribution in [1.82, 2.24) is 4.98 Å². The lowest BCUT2D eigenvalue weighted by Gasteiger charge is -1.98. The van der Waals surface area contributed by atoms with E-state index in [1.165, 1.54) is 0 Å². The topological polar surface area (TPSA) is 39.6 Å². The Morgan fingerprint density at radius 3 is 2.62 bits per heavy atom. The smallest absolute Gasteiger partial charge is 0.0991 e. The summed E-state index contributed by atoms with van der Waals surface area (Å²) in [6, 6.07) is 13.2. The zero-order valence-corrected chi connectivity index (χ0v) is 12.4. The Balaban J connectivity index is 1.99. The fourth-order valence-electron chi connectivity index (χ4n) is 2.15. The van der Waals surface area contributed by atoms with Crippen molar-refractivity contribution in [3.8, 4) is 6.07 Å². The fourth-order valence-corrected chi connectivity index (χ4v) is 2.46. The van der Waals surface area contributed by atoms with Gasteiger partial charge >= 0.3 is 0 Å². The molecule has 0 aliphatic rings. The molecule has 0 unspecified atom stereocenters. The van der Waals surface area contributed by atoms with Crippen LogP contribution < -0.4 is 0 Å². The van der Waals surface area contributed by atoms with Gasteiger partial charge in [-0.25, -0.2) is 0 Å². The van der Waals surface area contributed by atoms with Crippen LogP contribution in [-0.4, -0.2) is 4.98 Å². The van der Waals surface area contributed by atoms with Gasteiger partial charge in [-0.15, -0.1) is 0 Å². The lowest BCUT2D eigenvalue weighted by Crippen LogP contribution is -1.76. The highest BCUT2D eigenvalue weighted by Crippen LogP contribution is 2.25. The number of halogens is 2. The number of hydrogen-bond donors (Lipinski definition) is 1. The molecule has 0 amide bonds. The van der Waals surface area contributed by atoms with Gasteiger partial charge in [0.05, 0.1) is 21.7 Å². The van der Waals surface area contributed by atoms with Crippen molar-refractivity contribution in [2.45, 2.75) is 0 Å². The average Bonchev–Trinajstić information content (AvgIpc) is 2.90. The van der Waals surface area contributed by atoms with Crippen molar-refractivity contribution in [1.29, 1.82) is 5.26 Å². The molecule has 0 fully saturated rings. The minimum Gasteiger partial charge on any atom is -0.361 e. The lowest BCUT2D eigenvalue weighted by atomic mass is 10.1. The van der Waals surface area contributed by atoms with E-state index in [0.717, 1.165) is 22.0 Å². The number of H-pyrrole nitrogens is 1. The monoisotopic (exact) mass is 312 g/mol. The molecular formula is C17H10Cl2N2. The van der Waals surface area contributed by atoms with Gasteiger partial charge in [-0.05, 0) is 41.5 Å². The molecule has 1 aromatic heterocycles. The Morgan fingerprint density at radius 2 is 1.86 bits per heavy atom. The van der Waals surface area contributed by atoms with Gasteiger partial charge in [-0.2, -0.15) is 5.26 Å². The first-order valence-corrected chi connectivity index (χ1v) is 7.07. The Labute approximate surface area is 132 Å². The lowest BCUT2D eigenvalue weighted by molar-refractivity contribution is 1.46. The molecule has 21 heavy (non-hydrogen) atoms. The van der Waals surface area contributed by atoms with E-state index in [1.54, 1.807) is 12.1 Å². The van der Waals surface area contributed by atoms with E-state index in [2.05, 4.69) is 11.1 Å². The molecule has 0 aliphatic heterocycles. The molecule has 3 aromatic rings. The summed E-state index contributed by atoms with van der Waals surface area (Å²) in [4.78, 5) is 3.19. The summed E-state index contributed by atoms with van der Waals surface area (Å²) in [5.74, 6) is 0. The largest absolute Gasteiger partial charge is 0.361 e. The van der Waals surface area contributed by atoms with Gasteiger partial charge in [-0.3, -0.25) is 0 Å². The van der Waals surface area contributed by atoms with Crippen LogP contribution in [0.15, 0.2) is 42.6 Å². The standard InChI is InChI=1S/C17H10Cl2N2/c18-15-5-2-11(8-16(15)19)1-4-13-10-21-17-6-3-12(9-20)7-14(13)17/h1-8,10,21H/b4-1+. The van der Waals surface area contributed by atoms with Crippen molar-refractivity contribution >= 4 is 46.3 Å². The molecule has 0 atom stereocenters. The van der Waals surface area contributed by atoms with E-state index in [0.29, 0.717) is 15.6 Å². The third-order valence-electron chi connectivity index (χ3n) is 3.24. The van der Waals surface area contributed by atoms with Gasteiger partial charge in [0.1, 0.15) is 0 Å². The third-order valence-corrected chi connectivity index (χ3v) is 3.98. The third kappa shape index (κ3) is 2.80. The van der Waals surface area contributed by atoms with Gasteiger partial charge in [0.2, 0.25) is 0 Å². The van der Waals surface area contributed by atoms with Crippen LogP contribution in [0.25, 0.3) is 23.1 Å². The van der Waals surface area contributed by atoms with Gasteiger partial charge in [0.15, 0.2) is 0 Å². The van der Waals surface area contributed by atoms with Crippen LogP contribution in [0.4, 0.5) is 0 Å². The number of rotatable bonds is 2. The van der Waals surface area contributed by atoms with Crippen LogP contribution in [0.1, 0.15) is 16.7 Å². The van der Waals surface area contributed by atoms with Crippen LogP contribution in [0.2, 0.25) is 10.0 Å². The van der Waals surface area contributed by atoms with Crippen LogP contribution >= 0.6 is 23.2 Å². The molecule has 0 saturated heterocycles. The Kier molecular flexibility index (Phi) is 3.70. The number of nitrogens with zero attached hydrogens (tertiary/aromatic N) is 1. The minimum absolute atomic E-state index is 0.532. The van der Waals surface area contributed by atoms with E-state index in [9.17, 15) is 0 Å². The second-order valence-electron chi connectivity index (χ2n) is 4.62. The zero-order valence-electron chi connectivity index (χ0n) is 10.9. The highest BCUT2D eigenvalue weighted by atomic mass is 35.5. The first-order valence-electron chi connectivity index (χ1n) is 6.32. The van der Waals surface area contributed by atoms with Crippen molar-refractivity contribution in [2.75, 3.05) is 0 Å². The summed E-state index contributed by atoms with van der Waals surface area (Å²) >= 11 is 11.9. The number of nitriles is 1. The average molecular weight is 313 g/mol. The van der Waals surface area contributed by atoms with Crippen LogP contribution in [0.5, 0.6) is 0 Å². The quantitative estimate of drug-likeness (QED) is 0.665. The van der Waals surface area contributed by atoms with Crippen molar-refractivity contribution in [2.24, 2.45) is 0 Å². The van der Waals surface area contributed by atoms with E-state index in [4.69, 9.17) is 28.5 Å². The number of fused-ring (bicyclic) bond motifs is 1. The summed E-state index contributed by atoms with van der Waals surface area (Å²) in [7, 11) is 0. The first kappa shape index (κ1) is 13.8. The Hall–Kier alpha value is -2.21. The van der Waals surface area contributed by atoms with Crippen molar-refractivity contribution < 1.29 is 0 Å². The SMILES string of the molecule is N#Cc1ccc2[nH]cc(/C=C/c3ccc(Cl)c(Cl)c3)c2c1. The predicted molar refractivity (Wildman–Crippen MR) is 88.4 cm³/mol. The fraction of sp³-hybridized carbons (Fsp3) is 0. The maximum atomic E-state index is 8.98. The summed E-state index contributed by atoms with van der Waals surface area (Å²) < 4.78 is 0. The summed E-state index contributed by atoms with van der Waals surface area (Å²) in [5.41, 5.74) is 3.64. The van der Waals surface area contributed by atoms with E-state index < -0.39 is 0 Å². The molecule has 3 rings (SSSR count). The zero-order chi connectivity index (χ0) is 14.8. The minimum atomic E-state index is 0.532. The van der Waals surface area contributed by atoms with E-state index in [1.807, 2.05) is 42.6 Å². The molecule has 4 heteroatoms. The van der Waals surface area contributed by atoms with Crippen molar-refractivity contribution in [3.05, 3.63) is 69.3 Å². The highest BCUT2D eigenvalue weighted by molar-refractivity contribution is 6.42. The molecule has 2 nitrogen and oxygen atoms in total. The first-order chi connectivity index (χ1) is 10.2. The Bertz CT molecular complexity index is 885. The number of hydrogen-bond acceptors (Lipinski definition) is 1. The molecule has 102 valence electrons. The molecule has 0 radical (unpaired) electrons. The molecule has 1 N–H and O–H groups in total. The summed E-state index contributed by atoms with van der Waals surface area (Å²) in [5, 5.41) is 11.1. The molecule has 0 bridgehead atoms. The van der Waals surface area contributed by atoms with Gasteiger partial charge < -0.3 is 4.98 Å². The maximum absolute atomic E-state index is 8.98. The molecule has 0 spiro atoms. The van der Waals surface area contributed by atoms with Gasteiger partial charge in [0.25, 0.3) is 0 Å². The normalized spacial score (nSPS) is 11.1. The number of benzene rings is 2. The molecule has 0 saturated carbocycles. The van der Waals surface area contributed by atoms with Crippen LogP contribution in [0.3, 0.4) is 0 Å². The van der Waals surface area contributed by atoms with E-state index >= 15 is 0 Å². The second-order valence-corrected chi connectivity index (χ2v) is 5.44. The highest BCUT2D eigenvalue weighted by Gasteiger charge is 2.02. The Morgan fingerprint density at radius 1 is 1.00 bits per heavy atom. The van der Waals surface area contributed by atoms with Gasteiger partial charge in [-0.1, -0.05) is 41.4 Å². The van der Waals surface area contributed by atoms with Gasteiger partial charge in [0, 0.05) is 17.1 Å². The second kappa shape index (κ2) is 5.65. The van der Waals surface area contributed by atoms with Crippen molar-refractivity contribution in [3.63, 3.8) is 0 Å². The number of nitrogens with one attached hydrogen (secondary N) is 1. The van der Waals surface area contributed by atoms with Crippen LogP contribution in [-0.2, 0) is 0 Å². The van der Waals surface area contributed by atoms with E-state index in [-0.39, 0.29) is 0 Å². The molecule has 0 aliphatic carbocycles. The summed E-state index contributed by atoms with van der Waals surface area (Å²) in [6.45, 7) is 0. The maximum Gasteiger partial charge on any atom is 0.0991 e. The molecular weight excluding hydrogens is 303 g/mol. The molecule has 2 aromatic carbocycles. The number of aromatic amines is 1. The molecule has 1 heterocycles. The summed E-state index contributed by atoms with van der Waals surface area (Å²) in [6.07, 6.45) is 5.86. The number of aromatic nitrogens is 1. The van der Waals surface area contributed by atoms with Crippen LogP contribution in [0, 0.1) is 11.3 Å².